The zero-order chi connectivity index (χ0) is 20.8. The van der Waals surface area contributed by atoms with Crippen LogP contribution in [0, 0.1) is 11.7 Å². The van der Waals surface area contributed by atoms with Gasteiger partial charge < -0.3 is 15.2 Å². The molecule has 1 aromatic heterocycles. The maximum absolute atomic E-state index is 14.8. The smallest absolute Gasteiger partial charge is 0.283 e. The third-order valence-electron chi connectivity index (χ3n) is 5.64. The molecule has 4 rings (SSSR count). The average Bonchev–Trinajstić information content (AvgIpc) is 3.48. The molecule has 8 heteroatoms. The fourth-order valence-electron chi connectivity index (χ4n) is 4.08. The Labute approximate surface area is 172 Å². The van der Waals surface area contributed by atoms with E-state index in [1.165, 1.54) is 25.4 Å². The number of hydrogen-bond donors (Lipinski definition) is 1. The van der Waals surface area contributed by atoms with Crippen molar-refractivity contribution < 1.29 is 18.7 Å². The summed E-state index contributed by atoms with van der Waals surface area (Å²) in [6.07, 6.45) is 2.81. The van der Waals surface area contributed by atoms with Crippen LogP contribution < -0.4 is 10.5 Å². The van der Waals surface area contributed by atoms with Crippen molar-refractivity contribution in [1.82, 2.24) is 4.98 Å². The molecule has 2 heterocycles. The van der Waals surface area contributed by atoms with E-state index in [0.717, 1.165) is 6.42 Å². The topological polar surface area (TPSA) is 86.8 Å². The summed E-state index contributed by atoms with van der Waals surface area (Å²) in [6, 6.07) is 6.29. The molecule has 1 saturated carbocycles. The summed E-state index contributed by atoms with van der Waals surface area (Å²) < 4.78 is 25.4. The van der Waals surface area contributed by atoms with E-state index in [1.54, 1.807) is 12.1 Å². The molecule has 0 bridgehead atoms. The van der Waals surface area contributed by atoms with Gasteiger partial charge in [0.2, 0.25) is 0 Å². The molecule has 0 radical (unpaired) electrons. The maximum atomic E-state index is 14.8. The monoisotopic (exact) mass is 417 g/mol. The number of nitrogens with two attached hydrogens (primary N) is 1. The standard InChI is InChI=1S/C21H21ClFN3O3/c1-3-21(14-9-18(14)29-20(24)26-21)13-6-11(4-5-16(13)23)7-17(27)19-15(22)8-12(28-2)10-25-19/h4-6,8,10,14,18H,3,7,9H2,1-2H3,(H2,24,26)/t14-,18+,21+/m0/s1. The predicted octanol–water partition coefficient (Wildman–Crippen LogP) is 3.65. The van der Waals surface area contributed by atoms with E-state index in [1.807, 2.05) is 6.92 Å². The Kier molecular flexibility index (Phi) is 4.94. The van der Waals surface area contributed by atoms with Gasteiger partial charge >= 0.3 is 0 Å². The lowest BCUT2D eigenvalue weighted by atomic mass is 9.81. The summed E-state index contributed by atoms with van der Waals surface area (Å²) in [5, 5.41) is 0.212. The van der Waals surface area contributed by atoms with Crippen LogP contribution in [0.3, 0.4) is 0 Å². The Hall–Kier alpha value is -2.67. The third-order valence-corrected chi connectivity index (χ3v) is 5.93. The summed E-state index contributed by atoms with van der Waals surface area (Å²) in [5.74, 6) is -0.0831. The van der Waals surface area contributed by atoms with Gasteiger partial charge in [0.25, 0.3) is 6.02 Å². The van der Waals surface area contributed by atoms with Crippen LogP contribution in [0.15, 0.2) is 35.5 Å². The number of amidine groups is 1. The molecule has 0 spiro atoms. The number of methoxy groups -OCH3 is 1. The number of fused-ring (bicyclic) bond motifs is 1. The van der Waals surface area contributed by atoms with Crippen LogP contribution in [0.4, 0.5) is 4.39 Å². The van der Waals surface area contributed by atoms with Gasteiger partial charge in [0.1, 0.15) is 28.9 Å². The summed E-state index contributed by atoms with van der Waals surface area (Å²) in [7, 11) is 1.49. The normalized spacial score (nSPS) is 24.9. The van der Waals surface area contributed by atoms with E-state index in [4.69, 9.17) is 26.8 Å². The summed E-state index contributed by atoms with van der Waals surface area (Å²) >= 11 is 6.16. The van der Waals surface area contributed by atoms with Crippen LogP contribution in [0.1, 0.15) is 41.4 Å². The molecule has 29 heavy (non-hydrogen) atoms. The van der Waals surface area contributed by atoms with Crippen LogP contribution >= 0.6 is 11.6 Å². The van der Waals surface area contributed by atoms with E-state index in [2.05, 4.69) is 9.98 Å². The molecule has 0 amide bonds. The van der Waals surface area contributed by atoms with Crippen molar-refractivity contribution >= 4 is 23.4 Å². The van der Waals surface area contributed by atoms with Crippen LogP contribution in [0.2, 0.25) is 5.02 Å². The highest BCUT2D eigenvalue weighted by atomic mass is 35.5. The number of carbonyl (C=O) groups excluding carboxylic acids is 1. The third kappa shape index (κ3) is 3.44. The van der Waals surface area contributed by atoms with E-state index in [0.29, 0.717) is 23.3 Å². The lowest BCUT2D eigenvalue weighted by molar-refractivity contribution is 0.0988. The molecule has 1 aromatic carbocycles. The first-order chi connectivity index (χ1) is 13.9. The molecule has 2 aliphatic rings. The summed E-state index contributed by atoms with van der Waals surface area (Å²) in [5.41, 5.74) is 6.32. The molecule has 2 N–H and O–H groups in total. The quantitative estimate of drug-likeness (QED) is 0.725. The first-order valence-electron chi connectivity index (χ1n) is 9.41. The van der Waals surface area contributed by atoms with Gasteiger partial charge in [-0.2, -0.15) is 0 Å². The minimum atomic E-state index is -0.772. The molecule has 0 saturated heterocycles. The Morgan fingerprint density at radius 1 is 1.45 bits per heavy atom. The Bertz CT molecular complexity index is 1010. The van der Waals surface area contributed by atoms with Gasteiger partial charge in [-0.25, -0.2) is 14.4 Å². The number of aliphatic imine (C=N–C) groups is 1. The molecule has 3 atom stereocenters. The highest BCUT2D eigenvalue weighted by Crippen LogP contribution is 2.55. The van der Waals surface area contributed by atoms with E-state index >= 15 is 0 Å². The first-order valence-corrected chi connectivity index (χ1v) is 9.79. The van der Waals surface area contributed by atoms with Gasteiger partial charge in [-0.15, -0.1) is 0 Å². The zero-order valence-electron chi connectivity index (χ0n) is 16.1. The Morgan fingerprint density at radius 2 is 2.24 bits per heavy atom. The molecule has 1 fully saturated rings. The highest BCUT2D eigenvalue weighted by Gasteiger charge is 2.58. The van der Waals surface area contributed by atoms with Crippen LogP contribution in [0.25, 0.3) is 0 Å². The van der Waals surface area contributed by atoms with Crippen molar-refractivity contribution in [3.8, 4) is 5.75 Å². The number of rotatable bonds is 6. The van der Waals surface area contributed by atoms with Gasteiger partial charge in [-0.1, -0.05) is 24.6 Å². The minimum absolute atomic E-state index is 0.0283. The van der Waals surface area contributed by atoms with Gasteiger partial charge in [-0.3, -0.25) is 4.79 Å². The number of Topliss-reactive ketones (excluding diaryl/α,β-unsaturated/α-hetero) is 1. The van der Waals surface area contributed by atoms with Gasteiger partial charge in [0.15, 0.2) is 5.78 Å². The molecule has 152 valence electrons. The summed E-state index contributed by atoms with van der Waals surface area (Å²) in [4.78, 5) is 21.3. The first kappa shape index (κ1) is 19.6. The van der Waals surface area contributed by atoms with Crippen molar-refractivity contribution in [3.63, 3.8) is 0 Å². The molecular weight excluding hydrogens is 397 g/mol. The maximum Gasteiger partial charge on any atom is 0.283 e. The number of ether oxygens (including phenoxy) is 2. The number of aromatic nitrogens is 1. The van der Waals surface area contributed by atoms with Crippen molar-refractivity contribution in [2.24, 2.45) is 16.6 Å². The van der Waals surface area contributed by atoms with Crippen molar-refractivity contribution in [2.45, 2.75) is 37.8 Å². The second kappa shape index (κ2) is 7.30. The van der Waals surface area contributed by atoms with Crippen LogP contribution in [0.5, 0.6) is 5.75 Å². The molecule has 1 aliphatic carbocycles. The van der Waals surface area contributed by atoms with Gasteiger partial charge in [0.05, 0.1) is 18.3 Å². The Balaban J connectivity index is 1.66. The van der Waals surface area contributed by atoms with E-state index in [9.17, 15) is 9.18 Å². The lowest BCUT2D eigenvalue weighted by Crippen LogP contribution is -2.37. The fourth-order valence-corrected chi connectivity index (χ4v) is 4.34. The van der Waals surface area contributed by atoms with Crippen LogP contribution in [-0.4, -0.2) is 30.0 Å². The predicted molar refractivity (Wildman–Crippen MR) is 107 cm³/mol. The fraction of sp³-hybridized carbons (Fsp3) is 0.381. The Morgan fingerprint density at radius 3 is 2.93 bits per heavy atom. The summed E-state index contributed by atoms with van der Waals surface area (Å²) in [6.45, 7) is 1.95. The highest BCUT2D eigenvalue weighted by molar-refractivity contribution is 6.33. The van der Waals surface area contributed by atoms with E-state index < -0.39 is 5.54 Å². The second-order valence-electron chi connectivity index (χ2n) is 7.35. The molecular formula is C21H21ClFN3O3. The average molecular weight is 418 g/mol. The molecule has 1 aliphatic heterocycles. The minimum Gasteiger partial charge on any atom is -0.495 e. The lowest BCUT2D eigenvalue weighted by Gasteiger charge is -2.33. The number of pyridine rings is 1. The molecule has 0 unspecified atom stereocenters. The van der Waals surface area contributed by atoms with Gasteiger partial charge in [0, 0.05) is 24.0 Å². The number of ketones is 1. The van der Waals surface area contributed by atoms with Gasteiger partial charge in [-0.05, 0) is 30.5 Å². The van der Waals surface area contributed by atoms with Crippen LogP contribution in [-0.2, 0) is 16.7 Å². The van der Waals surface area contributed by atoms with E-state index in [-0.39, 0.29) is 46.8 Å². The molecule has 2 aromatic rings. The SMILES string of the molecule is CC[C@]1(c2cc(CC(=O)c3ncc(OC)cc3Cl)ccc2F)N=C(N)O[C@@H]2C[C@@H]21. The number of carbonyl (C=O) groups is 1. The van der Waals surface area contributed by atoms with Crippen molar-refractivity contribution in [2.75, 3.05) is 7.11 Å². The number of halogens is 2. The van der Waals surface area contributed by atoms with Crippen molar-refractivity contribution in [1.29, 1.82) is 0 Å². The number of nitrogens with zero attached hydrogens (tertiary/aromatic N) is 2. The second-order valence-corrected chi connectivity index (χ2v) is 7.75. The largest absolute Gasteiger partial charge is 0.495 e. The number of benzene rings is 1. The van der Waals surface area contributed by atoms with Crippen molar-refractivity contribution in [3.05, 3.63) is 58.1 Å². The molecule has 6 nitrogen and oxygen atoms in total. The number of hydrogen-bond acceptors (Lipinski definition) is 6. The zero-order valence-corrected chi connectivity index (χ0v) is 16.9.